The van der Waals surface area contributed by atoms with Gasteiger partial charge in [-0.1, -0.05) is 6.92 Å². The topological polar surface area (TPSA) is 75.8 Å². The summed E-state index contributed by atoms with van der Waals surface area (Å²) in [5.74, 6) is 0.791. The molecule has 0 aromatic rings. The van der Waals surface area contributed by atoms with Gasteiger partial charge in [0.1, 0.15) is 0 Å². The molecule has 0 spiro atoms. The number of nitrogens with zero attached hydrogens (tertiary/aromatic N) is 1. The lowest BCUT2D eigenvalue weighted by Gasteiger charge is -2.42. The van der Waals surface area contributed by atoms with Crippen LogP contribution in [0.1, 0.15) is 45.4 Å². The van der Waals surface area contributed by atoms with Crippen molar-refractivity contribution in [2.24, 2.45) is 17.1 Å². The molecule has 1 saturated carbocycles. The largest absolute Gasteiger partial charge is 0.388 e. The number of ether oxygens (including phenoxy) is 1. The Morgan fingerprint density at radius 2 is 1.86 bits per heavy atom. The maximum Gasteiger partial charge on any atom is 0.229 e. The monoisotopic (exact) mass is 298 g/mol. The lowest BCUT2D eigenvalue weighted by Crippen LogP contribution is -2.53. The normalized spacial score (nSPS) is 32.7. The summed E-state index contributed by atoms with van der Waals surface area (Å²) in [6.07, 6.45) is 5.06. The van der Waals surface area contributed by atoms with Crippen molar-refractivity contribution in [1.29, 1.82) is 0 Å². The van der Waals surface area contributed by atoms with E-state index in [9.17, 15) is 9.90 Å². The summed E-state index contributed by atoms with van der Waals surface area (Å²) >= 11 is 0. The van der Waals surface area contributed by atoms with E-state index in [2.05, 4.69) is 6.92 Å². The Hall–Kier alpha value is -0.650. The molecule has 0 aromatic heterocycles. The van der Waals surface area contributed by atoms with E-state index >= 15 is 0 Å². The summed E-state index contributed by atoms with van der Waals surface area (Å²) in [7, 11) is 1.80. The minimum absolute atomic E-state index is 0.108. The van der Waals surface area contributed by atoms with Gasteiger partial charge in [-0.25, -0.2) is 0 Å². The van der Waals surface area contributed by atoms with Crippen LogP contribution < -0.4 is 5.73 Å². The van der Waals surface area contributed by atoms with Crippen molar-refractivity contribution in [3.8, 4) is 0 Å². The summed E-state index contributed by atoms with van der Waals surface area (Å²) in [5, 5.41) is 10.6. The van der Waals surface area contributed by atoms with Crippen LogP contribution in [0.4, 0.5) is 0 Å². The average Bonchev–Trinajstić information content (AvgIpc) is 2.48. The molecule has 0 atom stereocenters. The molecule has 1 saturated heterocycles. The Labute approximate surface area is 127 Å². The minimum Gasteiger partial charge on any atom is -0.388 e. The van der Waals surface area contributed by atoms with Crippen molar-refractivity contribution in [1.82, 2.24) is 4.90 Å². The van der Waals surface area contributed by atoms with E-state index in [0.717, 1.165) is 25.7 Å². The number of hydrogen-bond acceptors (Lipinski definition) is 4. The second-order valence-corrected chi connectivity index (χ2v) is 7.16. The van der Waals surface area contributed by atoms with Crippen LogP contribution in [0.2, 0.25) is 0 Å². The number of carbonyl (C=O) groups is 1. The third kappa shape index (κ3) is 3.76. The Bertz CT molecular complexity index is 359. The summed E-state index contributed by atoms with van der Waals surface area (Å²) in [6, 6.07) is 0. The predicted molar refractivity (Wildman–Crippen MR) is 81.8 cm³/mol. The predicted octanol–water partition coefficient (Wildman–Crippen LogP) is 1.14. The van der Waals surface area contributed by atoms with Crippen molar-refractivity contribution in [2.45, 2.75) is 51.0 Å². The average molecular weight is 298 g/mol. The highest BCUT2D eigenvalue weighted by Gasteiger charge is 2.43. The fraction of sp³-hybridized carbons (Fsp3) is 0.938. The maximum absolute atomic E-state index is 12.9. The van der Waals surface area contributed by atoms with Crippen LogP contribution in [-0.2, 0) is 9.53 Å². The summed E-state index contributed by atoms with van der Waals surface area (Å²) in [6.45, 7) is 4.16. The van der Waals surface area contributed by atoms with Gasteiger partial charge in [-0.05, 0) is 31.6 Å². The van der Waals surface area contributed by atoms with E-state index in [-0.39, 0.29) is 5.91 Å². The maximum atomic E-state index is 12.9. The number of aliphatic hydroxyl groups is 1. The molecule has 1 aliphatic heterocycles. The van der Waals surface area contributed by atoms with Crippen LogP contribution in [0.5, 0.6) is 0 Å². The van der Waals surface area contributed by atoms with Gasteiger partial charge in [0.25, 0.3) is 0 Å². The van der Waals surface area contributed by atoms with Gasteiger partial charge < -0.3 is 20.5 Å². The molecule has 0 aromatic carbocycles. The van der Waals surface area contributed by atoms with E-state index in [4.69, 9.17) is 10.5 Å². The Morgan fingerprint density at radius 1 is 1.29 bits per heavy atom. The molecular weight excluding hydrogens is 268 g/mol. The molecule has 0 bridgehead atoms. The smallest absolute Gasteiger partial charge is 0.229 e. The van der Waals surface area contributed by atoms with Crippen molar-refractivity contribution in [2.75, 3.05) is 33.4 Å². The molecule has 1 amide bonds. The number of nitrogens with two attached hydrogens (primary N) is 1. The first-order chi connectivity index (χ1) is 9.91. The zero-order valence-electron chi connectivity index (χ0n) is 13.4. The SMILES string of the molecule is CC1CCC(CN)(C(=O)N(C)CC2(O)CCOCC2)CC1. The first kappa shape index (κ1) is 16.7. The molecule has 5 heteroatoms. The van der Waals surface area contributed by atoms with E-state index < -0.39 is 11.0 Å². The highest BCUT2D eigenvalue weighted by atomic mass is 16.5. The van der Waals surface area contributed by atoms with Crippen LogP contribution in [0.15, 0.2) is 0 Å². The molecule has 1 aliphatic carbocycles. The molecule has 0 radical (unpaired) electrons. The van der Waals surface area contributed by atoms with E-state index in [1.54, 1.807) is 11.9 Å². The Kier molecular flexibility index (Phi) is 5.28. The lowest BCUT2D eigenvalue weighted by molar-refractivity contribution is -0.149. The van der Waals surface area contributed by atoms with Crippen molar-refractivity contribution >= 4 is 5.91 Å². The molecule has 2 rings (SSSR count). The van der Waals surface area contributed by atoms with Crippen LogP contribution in [-0.4, -0.2) is 54.9 Å². The third-order valence-electron chi connectivity index (χ3n) is 5.38. The molecule has 3 N–H and O–H groups in total. The molecule has 2 aliphatic rings. The van der Waals surface area contributed by atoms with Gasteiger partial charge >= 0.3 is 0 Å². The number of likely N-dealkylation sites (N-methyl/N-ethyl adjacent to an activating group) is 1. The number of rotatable bonds is 4. The van der Waals surface area contributed by atoms with Crippen molar-refractivity contribution < 1.29 is 14.6 Å². The van der Waals surface area contributed by atoms with Crippen molar-refractivity contribution in [3.63, 3.8) is 0 Å². The second-order valence-electron chi connectivity index (χ2n) is 7.16. The third-order valence-corrected chi connectivity index (χ3v) is 5.38. The number of amides is 1. The van der Waals surface area contributed by atoms with Crippen LogP contribution in [0.25, 0.3) is 0 Å². The fourth-order valence-corrected chi connectivity index (χ4v) is 3.65. The van der Waals surface area contributed by atoms with Gasteiger partial charge in [-0.2, -0.15) is 0 Å². The molecule has 1 heterocycles. The first-order valence-corrected chi connectivity index (χ1v) is 8.17. The van der Waals surface area contributed by atoms with Crippen molar-refractivity contribution in [3.05, 3.63) is 0 Å². The second kappa shape index (κ2) is 6.63. The number of hydrogen-bond donors (Lipinski definition) is 2. The zero-order valence-corrected chi connectivity index (χ0v) is 13.4. The van der Waals surface area contributed by atoms with Gasteiger partial charge in [-0.15, -0.1) is 0 Å². The zero-order chi connectivity index (χ0) is 15.5. The van der Waals surface area contributed by atoms with Gasteiger partial charge in [-0.3, -0.25) is 4.79 Å². The van der Waals surface area contributed by atoms with Gasteiger partial charge in [0.15, 0.2) is 0 Å². The van der Waals surface area contributed by atoms with E-state index in [1.165, 1.54) is 0 Å². The highest BCUT2D eigenvalue weighted by Crippen LogP contribution is 2.39. The first-order valence-electron chi connectivity index (χ1n) is 8.17. The van der Waals surface area contributed by atoms with Gasteiger partial charge in [0, 0.05) is 46.2 Å². The molecule has 2 fully saturated rings. The molecule has 21 heavy (non-hydrogen) atoms. The van der Waals surface area contributed by atoms with Gasteiger partial charge in [0.05, 0.1) is 11.0 Å². The molecular formula is C16H30N2O3. The summed E-state index contributed by atoms with van der Waals surface area (Å²) < 4.78 is 5.29. The molecule has 0 unspecified atom stereocenters. The fourth-order valence-electron chi connectivity index (χ4n) is 3.65. The lowest BCUT2D eigenvalue weighted by atomic mass is 9.70. The van der Waals surface area contributed by atoms with Crippen LogP contribution in [0.3, 0.4) is 0 Å². The standard InChI is InChI=1S/C16H30N2O3/c1-13-3-5-15(11-17,6-4-13)14(19)18(2)12-16(20)7-9-21-10-8-16/h13,20H,3-12,17H2,1-2H3. The van der Waals surface area contributed by atoms with E-state index in [1.807, 2.05) is 0 Å². The number of carbonyl (C=O) groups excluding carboxylic acids is 1. The summed E-state index contributed by atoms with van der Waals surface area (Å²) in [5.41, 5.74) is 4.74. The van der Waals surface area contributed by atoms with Crippen LogP contribution in [0, 0.1) is 11.3 Å². The molecule has 122 valence electrons. The molecule has 5 nitrogen and oxygen atoms in total. The Morgan fingerprint density at radius 3 is 2.38 bits per heavy atom. The summed E-state index contributed by atoms with van der Waals surface area (Å²) in [4.78, 5) is 14.6. The van der Waals surface area contributed by atoms with E-state index in [0.29, 0.717) is 45.1 Å². The highest BCUT2D eigenvalue weighted by molar-refractivity contribution is 5.83. The quantitative estimate of drug-likeness (QED) is 0.816. The van der Waals surface area contributed by atoms with Gasteiger partial charge in [0.2, 0.25) is 5.91 Å². The minimum atomic E-state index is -0.805. The van der Waals surface area contributed by atoms with Crippen LogP contribution >= 0.6 is 0 Å². The Balaban J connectivity index is 2.00.